The van der Waals surface area contributed by atoms with E-state index in [0.29, 0.717) is 17.0 Å². The van der Waals surface area contributed by atoms with Gasteiger partial charge in [0.1, 0.15) is 54.1 Å². The Labute approximate surface area is 207 Å². The van der Waals surface area contributed by atoms with Gasteiger partial charge >= 0.3 is 0 Å². The van der Waals surface area contributed by atoms with Crippen LogP contribution in [0.2, 0.25) is 0 Å². The topological polar surface area (TPSA) is 200 Å². The van der Waals surface area contributed by atoms with Gasteiger partial charge in [-0.2, -0.15) is 0 Å². The number of methoxy groups -OCH3 is 1. The average Bonchev–Trinajstić information content (AvgIpc) is 3.37. The van der Waals surface area contributed by atoms with Crippen LogP contribution in [-0.2, 0) is 16.1 Å². The number of rotatable bonds is 8. The maximum absolute atomic E-state index is 10.9. The van der Waals surface area contributed by atoms with Gasteiger partial charge < -0.3 is 50.0 Å². The van der Waals surface area contributed by atoms with Crippen LogP contribution in [0.1, 0.15) is 29.8 Å². The second kappa shape index (κ2) is 11.5. The van der Waals surface area contributed by atoms with E-state index in [1.165, 1.54) is 18.0 Å². The van der Waals surface area contributed by atoms with Crippen molar-refractivity contribution in [1.82, 2.24) is 15.0 Å². The Morgan fingerprint density at radius 2 is 1.67 bits per heavy atom. The lowest BCUT2D eigenvalue weighted by atomic mass is 9.81. The van der Waals surface area contributed by atoms with Crippen LogP contribution in [0.4, 0.5) is 0 Å². The van der Waals surface area contributed by atoms with Crippen molar-refractivity contribution < 1.29 is 50.0 Å². The average molecular weight is 512 g/mol. The monoisotopic (exact) mass is 511 g/mol. The highest BCUT2D eigenvalue weighted by Gasteiger charge is 2.47. The number of nitrogens with zero attached hydrogens (tertiary/aromatic N) is 3. The number of benzene rings is 1. The minimum atomic E-state index is -1.46. The lowest BCUT2D eigenvalue weighted by molar-refractivity contribution is -0.208. The zero-order valence-corrected chi connectivity index (χ0v) is 19.7. The van der Waals surface area contributed by atoms with E-state index in [1.54, 1.807) is 24.3 Å². The molecule has 1 saturated carbocycles. The first-order valence-electron chi connectivity index (χ1n) is 11.7. The molecule has 1 saturated heterocycles. The first kappa shape index (κ1) is 26.9. The third-order valence-corrected chi connectivity index (χ3v) is 6.98. The van der Waals surface area contributed by atoms with Crippen molar-refractivity contribution in [2.24, 2.45) is 5.92 Å². The third kappa shape index (κ3) is 5.25. The van der Waals surface area contributed by atoms with Crippen molar-refractivity contribution in [1.29, 1.82) is 0 Å². The smallest absolute Gasteiger partial charge is 0.118 e. The molecule has 200 valence electrons. The number of aliphatic hydroxyl groups is 7. The first-order valence-corrected chi connectivity index (χ1v) is 11.7. The molecule has 2 aliphatic rings. The molecule has 2 aromatic rings. The Kier molecular flexibility index (Phi) is 8.55. The molecule has 0 radical (unpaired) electrons. The van der Waals surface area contributed by atoms with Crippen LogP contribution in [0.3, 0.4) is 0 Å². The number of aromatic nitrogens is 3. The van der Waals surface area contributed by atoms with Gasteiger partial charge in [-0.05, 0) is 24.1 Å². The summed E-state index contributed by atoms with van der Waals surface area (Å²) in [5.41, 5.74) is 0.995. The highest BCUT2D eigenvalue weighted by molar-refractivity contribution is 5.30. The fourth-order valence-electron chi connectivity index (χ4n) is 4.81. The van der Waals surface area contributed by atoms with E-state index in [4.69, 9.17) is 14.2 Å². The molecule has 4 rings (SSSR count). The van der Waals surface area contributed by atoms with Gasteiger partial charge in [0.25, 0.3) is 0 Å². The van der Waals surface area contributed by atoms with E-state index in [0.717, 1.165) is 0 Å². The number of ether oxygens (including phenoxy) is 3. The maximum atomic E-state index is 10.9. The predicted octanol–water partition coefficient (Wildman–Crippen LogP) is -2.34. The second-order valence-electron chi connectivity index (χ2n) is 9.21. The Morgan fingerprint density at radius 1 is 0.944 bits per heavy atom. The zero-order valence-electron chi connectivity index (χ0n) is 19.7. The number of hydrogen-bond donors (Lipinski definition) is 7. The molecule has 7 N–H and O–H groups in total. The summed E-state index contributed by atoms with van der Waals surface area (Å²) < 4.78 is 18.2. The molecule has 0 spiro atoms. The van der Waals surface area contributed by atoms with Crippen molar-refractivity contribution in [3.63, 3.8) is 0 Å². The first-order chi connectivity index (χ1) is 17.3. The van der Waals surface area contributed by atoms with E-state index in [9.17, 15) is 35.7 Å². The van der Waals surface area contributed by atoms with E-state index in [-0.39, 0.29) is 19.6 Å². The summed E-state index contributed by atoms with van der Waals surface area (Å²) in [6.07, 6.45) is -7.81. The maximum Gasteiger partial charge on any atom is 0.118 e. The minimum Gasteiger partial charge on any atom is -0.497 e. The Morgan fingerprint density at radius 3 is 2.31 bits per heavy atom. The van der Waals surface area contributed by atoms with Crippen LogP contribution in [0, 0.1) is 5.92 Å². The molecular formula is C23H33N3O10. The summed E-state index contributed by atoms with van der Waals surface area (Å²) >= 11 is 0. The lowest BCUT2D eigenvalue weighted by Gasteiger charge is -2.42. The SMILES string of the molecule is COc1ccc(C2OC(CO)C(O)C(O)C2n2cc(COC3C[C@H](CO)[C@H](O)[C@H](O)[C@H]3O)nn2)cc1. The van der Waals surface area contributed by atoms with Crippen molar-refractivity contribution in [2.45, 2.75) is 67.9 Å². The summed E-state index contributed by atoms with van der Waals surface area (Å²) in [5, 5.41) is 78.9. The fraction of sp³-hybridized carbons (Fsp3) is 0.652. The molecule has 1 aromatic carbocycles. The molecule has 2 fully saturated rings. The molecule has 36 heavy (non-hydrogen) atoms. The summed E-state index contributed by atoms with van der Waals surface area (Å²) in [6.45, 7) is -0.973. The van der Waals surface area contributed by atoms with Crippen molar-refractivity contribution >= 4 is 0 Å². The molecule has 0 bridgehead atoms. The molecule has 1 aromatic heterocycles. The number of aliphatic hydroxyl groups excluding tert-OH is 7. The second-order valence-corrected chi connectivity index (χ2v) is 9.21. The molecule has 13 nitrogen and oxygen atoms in total. The van der Waals surface area contributed by atoms with Gasteiger partial charge in [0.2, 0.25) is 0 Å². The molecule has 1 aliphatic carbocycles. The largest absolute Gasteiger partial charge is 0.497 e. The minimum absolute atomic E-state index is 0.110. The Hall–Kier alpha value is -2.20. The molecule has 1 aliphatic heterocycles. The van der Waals surface area contributed by atoms with E-state index in [1.807, 2.05) is 0 Å². The van der Waals surface area contributed by atoms with Gasteiger partial charge in [0, 0.05) is 12.5 Å². The van der Waals surface area contributed by atoms with Gasteiger partial charge in [-0.25, -0.2) is 4.68 Å². The van der Waals surface area contributed by atoms with Crippen LogP contribution in [0.5, 0.6) is 5.75 Å². The van der Waals surface area contributed by atoms with Gasteiger partial charge in [-0.15, -0.1) is 5.10 Å². The van der Waals surface area contributed by atoms with E-state index in [2.05, 4.69) is 10.3 Å². The molecule has 13 heteroatoms. The summed E-state index contributed by atoms with van der Waals surface area (Å²) in [4.78, 5) is 0. The Balaban J connectivity index is 1.52. The van der Waals surface area contributed by atoms with Gasteiger partial charge in [-0.1, -0.05) is 17.3 Å². The molecular weight excluding hydrogens is 478 g/mol. The quantitative estimate of drug-likeness (QED) is 0.200. The summed E-state index contributed by atoms with van der Waals surface area (Å²) in [7, 11) is 1.54. The molecule has 10 atom stereocenters. The predicted molar refractivity (Wildman–Crippen MR) is 121 cm³/mol. The third-order valence-electron chi connectivity index (χ3n) is 6.98. The van der Waals surface area contributed by atoms with Crippen molar-refractivity contribution in [3.05, 3.63) is 41.7 Å². The van der Waals surface area contributed by atoms with E-state index < -0.39 is 67.4 Å². The summed E-state index contributed by atoms with van der Waals surface area (Å²) in [6, 6.07) is 6.05. The highest BCUT2D eigenvalue weighted by Crippen LogP contribution is 2.40. The summed E-state index contributed by atoms with van der Waals surface area (Å²) in [5.74, 6) is -0.0265. The van der Waals surface area contributed by atoms with E-state index >= 15 is 0 Å². The molecule has 6 unspecified atom stereocenters. The van der Waals surface area contributed by atoms with Crippen LogP contribution < -0.4 is 4.74 Å². The molecule has 2 heterocycles. The van der Waals surface area contributed by atoms with Crippen LogP contribution >= 0.6 is 0 Å². The van der Waals surface area contributed by atoms with Crippen LogP contribution in [-0.4, -0.2) is 114 Å². The van der Waals surface area contributed by atoms with Crippen molar-refractivity contribution in [3.8, 4) is 5.75 Å². The van der Waals surface area contributed by atoms with Crippen LogP contribution in [0.25, 0.3) is 0 Å². The highest BCUT2D eigenvalue weighted by atomic mass is 16.5. The zero-order chi connectivity index (χ0) is 26.0. The van der Waals surface area contributed by atoms with Crippen molar-refractivity contribution in [2.75, 3.05) is 20.3 Å². The standard InChI is InChI=1S/C23H33N3O10/c1-34-14-4-2-11(3-5-14)23-17(21(32)20(31)16(9-28)36-23)26-7-13(24-25-26)10-35-15-6-12(8-27)18(29)22(33)19(15)30/h2-5,7,12,15-23,27-33H,6,8-10H2,1H3/t12-,15?,16?,17?,18+,19+,20?,21?,22+,23?/m1/s1. The van der Waals surface area contributed by atoms with Gasteiger partial charge in [0.15, 0.2) is 0 Å². The lowest BCUT2D eigenvalue weighted by Crippen LogP contribution is -2.55. The van der Waals surface area contributed by atoms with Gasteiger partial charge in [-0.3, -0.25) is 0 Å². The Bertz CT molecular complexity index is 973. The van der Waals surface area contributed by atoms with Crippen LogP contribution in [0.15, 0.2) is 30.5 Å². The molecule has 0 amide bonds. The van der Waals surface area contributed by atoms with Gasteiger partial charge in [0.05, 0.1) is 38.7 Å². The normalized spacial score (nSPS) is 37.1. The fourth-order valence-corrected chi connectivity index (χ4v) is 4.81. The number of hydrogen-bond acceptors (Lipinski definition) is 12.